The highest BCUT2D eigenvalue weighted by molar-refractivity contribution is 7.86. The van der Waals surface area contributed by atoms with Crippen LogP contribution >= 0.6 is 0 Å². The van der Waals surface area contributed by atoms with E-state index >= 15 is 0 Å². The van der Waals surface area contributed by atoms with Crippen molar-refractivity contribution in [2.24, 2.45) is 0 Å². The van der Waals surface area contributed by atoms with Gasteiger partial charge in [0.1, 0.15) is 25.5 Å². The molecule has 0 aliphatic rings. The molecule has 2 rings (SSSR count). The first-order valence-corrected chi connectivity index (χ1v) is 8.88. The van der Waals surface area contributed by atoms with Gasteiger partial charge in [-0.05, 0) is 24.0 Å². The molecule has 1 aromatic heterocycles. The summed E-state index contributed by atoms with van der Waals surface area (Å²) in [5.74, 6) is -1.13. The Morgan fingerprint density at radius 2 is 2.00 bits per heavy atom. The highest BCUT2D eigenvalue weighted by atomic mass is 32.2. The predicted octanol–water partition coefficient (Wildman–Crippen LogP) is 1.44. The second-order valence-electron chi connectivity index (χ2n) is 5.42. The molecule has 0 aliphatic carbocycles. The van der Waals surface area contributed by atoms with Gasteiger partial charge >= 0.3 is 11.9 Å². The van der Waals surface area contributed by atoms with E-state index in [1.807, 2.05) is 6.92 Å². The van der Waals surface area contributed by atoms with Crippen LogP contribution in [0, 0.1) is 17.0 Å². The van der Waals surface area contributed by atoms with Crippen molar-refractivity contribution in [3.63, 3.8) is 0 Å². The number of rotatable bonds is 8. The van der Waals surface area contributed by atoms with Gasteiger partial charge in [-0.25, -0.2) is 4.57 Å². The lowest BCUT2D eigenvalue weighted by atomic mass is 10.2. The van der Waals surface area contributed by atoms with Gasteiger partial charge in [0.2, 0.25) is 0 Å². The van der Waals surface area contributed by atoms with Crippen molar-refractivity contribution in [1.82, 2.24) is 9.55 Å². The lowest BCUT2D eigenvalue weighted by Crippen LogP contribution is -2.29. The van der Waals surface area contributed by atoms with Crippen LogP contribution in [0.1, 0.15) is 12.5 Å². The van der Waals surface area contributed by atoms with E-state index < -0.39 is 39.7 Å². The Hall–Kier alpha value is -2.79. The number of nitrogens with zero attached hydrogens (tertiary/aromatic N) is 3. The molecule has 1 heterocycles. The Morgan fingerprint density at radius 3 is 2.58 bits per heavy atom. The Morgan fingerprint density at radius 1 is 1.35 bits per heavy atom. The van der Waals surface area contributed by atoms with E-state index in [-0.39, 0.29) is 11.4 Å². The lowest BCUT2D eigenvalue weighted by Gasteiger charge is -2.16. The molecule has 0 saturated heterocycles. The largest absolute Gasteiger partial charge is 0.457 e. The number of ether oxygens (including phenoxy) is 1. The summed E-state index contributed by atoms with van der Waals surface area (Å²) < 4.78 is 35.5. The molecule has 10 nitrogen and oxygen atoms in total. The summed E-state index contributed by atoms with van der Waals surface area (Å²) in [6.45, 7) is 2.28. The van der Waals surface area contributed by atoms with Crippen molar-refractivity contribution >= 4 is 22.0 Å². The molecule has 0 amide bonds. The molecule has 0 saturated carbocycles. The van der Waals surface area contributed by atoms with E-state index in [1.165, 1.54) is 24.5 Å². The third kappa shape index (κ3) is 5.10. The minimum atomic E-state index is -4.06. The van der Waals surface area contributed by atoms with Crippen molar-refractivity contribution in [2.45, 2.75) is 31.4 Å². The van der Waals surface area contributed by atoms with Crippen molar-refractivity contribution < 1.29 is 27.1 Å². The first-order valence-electron chi connectivity index (χ1n) is 7.48. The van der Waals surface area contributed by atoms with Crippen LogP contribution in [0.3, 0.4) is 0 Å². The van der Waals surface area contributed by atoms with E-state index in [9.17, 15) is 23.3 Å². The molecule has 11 heteroatoms. The van der Waals surface area contributed by atoms with E-state index in [1.54, 1.807) is 12.1 Å². The van der Waals surface area contributed by atoms with E-state index in [0.29, 0.717) is 0 Å². The number of esters is 1. The molecular formula is C15H17N3O7S. The molecule has 140 valence electrons. The van der Waals surface area contributed by atoms with Gasteiger partial charge < -0.3 is 14.9 Å². The zero-order chi connectivity index (χ0) is 19.3. The fourth-order valence-electron chi connectivity index (χ4n) is 2.13. The van der Waals surface area contributed by atoms with Gasteiger partial charge in [0, 0.05) is 6.92 Å². The summed E-state index contributed by atoms with van der Waals surface area (Å²) in [5.41, 5.74) is 0.883. The molecular weight excluding hydrogens is 366 g/mol. The standard InChI is InChI=1S/C15H17N3O7S/c1-11-3-5-14(6-4-11)26(22,23)24-10-13(25-12(2)19)9-17-8-7-16-15(17)18(20)21/h3-8,13H,9-10H2,1-2H3. The maximum atomic E-state index is 12.2. The smallest absolute Gasteiger partial charge is 0.434 e. The molecule has 1 atom stereocenters. The number of aromatic nitrogens is 2. The number of hydrogen-bond donors (Lipinski definition) is 0. The normalized spacial score (nSPS) is 12.5. The predicted molar refractivity (Wildman–Crippen MR) is 88.8 cm³/mol. The van der Waals surface area contributed by atoms with E-state index in [4.69, 9.17) is 8.92 Å². The number of carbonyl (C=O) groups is 1. The van der Waals surface area contributed by atoms with Gasteiger partial charge in [-0.3, -0.25) is 8.98 Å². The van der Waals surface area contributed by atoms with Gasteiger partial charge in [-0.1, -0.05) is 22.7 Å². The summed E-state index contributed by atoms with van der Waals surface area (Å²) in [6.07, 6.45) is 1.48. The van der Waals surface area contributed by atoms with Crippen LogP contribution in [0.25, 0.3) is 0 Å². The number of nitro groups is 1. The molecule has 0 aliphatic heterocycles. The fraction of sp³-hybridized carbons (Fsp3) is 0.333. The van der Waals surface area contributed by atoms with Crippen LogP contribution in [0.4, 0.5) is 5.95 Å². The molecule has 1 unspecified atom stereocenters. The average molecular weight is 383 g/mol. The first kappa shape index (κ1) is 19.5. The molecule has 26 heavy (non-hydrogen) atoms. The summed E-state index contributed by atoms with van der Waals surface area (Å²) in [7, 11) is -4.06. The maximum absolute atomic E-state index is 12.2. The van der Waals surface area contributed by atoms with Crippen LogP contribution in [-0.4, -0.2) is 41.6 Å². The van der Waals surface area contributed by atoms with E-state index in [2.05, 4.69) is 4.98 Å². The fourth-order valence-corrected chi connectivity index (χ4v) is 3.07. The lowest BCUT2D eigenvalue weighted by molar-refractivity contribution is -0.397. The van der Waals surface area contributed by atoms with Crippen LogP contribution < -0.4 is 0 Å². The van der Waals surface area contributed by atoms with Gasteiger partial charge in [-0.2, -0.15) is 8.42 Å². The monoisotopic (exact) mass is 383 g/mol. The highest BCUT2D eigenvalue weighted by Gasteiger charge is 2.24. The van der Waals surface area contributed by atoms with Crippen LogP contribution in [0.2, 0.25) is 0 Å². The van der Waals surface area contributed by atoms with Gasteiger partial charge in [0.15, 0.2) is 6.10 Å². The molecule has 0 N–H and O–H groups in total. The Labute approximate surface area is 149 Å². The van der Waals surface area contributed by atoms with E-state index in [0.717, 1.165) is 17.1 Å². The number of benzene rings is 1. The quantitative estimate of drug-likeness (QED) is 0.290. The summed E-state index contributed by atoms with van der Waals surface area (Å²) >= 11 is 0. The van der Waals surface area contributed by atoms with Crippen LogP contribution in [-0.2, 0) is 30.4 Å². The third-order valence-corrected chi connectivity index (χ3v) is 4.60. The molecule has 0 radical (unpaired) electrons. The van der Waals surface area contributed by atoms with Gasteiger partial charge in [0.25, 0.3) is 10.1 Å². The second kappa shape index (κ2) is 8.06. The summed E-state index contributed by atoms with van der Waals surface area (Å²) in [4.78, 5) is 25.0. The molecule has 1 aromatic carbocycles. The average Bonchev–Trinajstić information content (AvgIpc) is 3.01. The zero-order valence-corrected chi connectivity index (χ0v) is 14.9. The zero-order valence-electron chi connectivity index (χ0n) is 14.1. The van der Waals surface area contributed by atoms with Gasteiger partial charge in [0.05, 0.1) is 4.90 Å². The minimum absolute atomic E-state index is 0.0433. The maximum Gasteiger partial charge on any atom is 0.434 e. The Bertz CT molecular complexity index is 890. The number of carbonyl (C=O) groups excluding carboxylic acids is 1. The minimum Gasteiger partial charge on any atom is -0.457 e. The number of imidazole rings is 1. The summed E-state index contributed by atoms with van der Waals surface area (Å²) in [6, 6.07) is 6.03. The SMILES string of the molecule is CC(=O)OC(COS(=O)(=O)c1ccc(C)cc1)Cn1ccnc1[N+](=O)[O-]. The molecule has 0 bridgehead atoms. The second-order valence-corrected chi connectivity index (χ2v) is 7.04. The Balaban J connectivity index is 2.12. The van der Waals surface area contributed by atoms with Crippen molar-refractivity contribution in [1.29, 1.82) is 0 Å². The van der Waals surface area contributed by atoms with Crippen molar-refractivity contribution in [3.8, 4) is 0 Å². The summed E-state index contributed by atoms with van der Waals surface area (Å²) in [5, 5.41) is 10.9. The molecule has 0 spiro atoms. The topological polar surface area (TPSA) is 131 Å². The Kier molecular flexibility index (Phi) is 6.05. The van der Waals surface area contributed by atoms with Crippen LogP contribution in [0.15, 0.2) is 41.6 Å². The van der Waals surface area contributed by atoms with Gasteiger partial charge in [-0.15, -0.1) is 0 Å². The molecule has 2 aromatic rings. The van der Waals surface area contributed by atoms with Crippen molar-refractivity contribution in [3.05, 3.63) is 52.3 Å². The third-order valence-electron chi connectivity index (χ3n) is 3.31. The number of aryl methyl sites for hydroxylation is 1. The van der Waals surface area contributed by atoms with Crippen LogP contribution in [0.5, 0.6) is 0 Å². The number of hydrogen-bond acceptors (Lipinski definition) is 8. The first-order chi connectivity index (χ1) is 12.2. The highest BCUT2D eigenvalue weighted by Crippen LogP contribution is 2.15. The molecule has 0 fully saturated rings. The van der Waals surface area contributed by atoms with Crippen molar-refractivity contribution in [2.75, 3.05) is 6.61 Å².